The molecule has 0 amide bonds. The zero-order valence-electron chi connectivity index (χ0n) is 21.8. The van der Waals surface area contributed by atoms with Gasteiger partial charge in [0, 0.05) is 49.4 Å². The Kier molecular flexibility index (Phi) is 49.5. The first kappa shape index (κ1) is 42.0. The maximum absolute atomic E-state index is 8.50. The number of nitrogens with zero attached hydrogens (tertiary/aromatic N) is 1. The molecule has 0 fully saturated rings. The smallest absolute Gasteiger partial charge is 0.106 e. The first-order chi connectivity index (χ1) is 18.3. The summed E-state index contributed by atoms with van der Waals surface area (Å²) in [4.78, 5) is 4.11. The maximum atomic E-state index is 8.50. The zero-order valence-corrected chi connectivity index (χ0v) is 25.9. The minimum atomic E-state index is 0.227. The molecule has 1 heterocycles. The number of ether oxygens (including phenoxy) is 4. The normalized spacial score (nSPS) is 9.92. The molecular formula is C22H47N3O7S5. The van der Waals surface area contributed by atoms with Gasteiger partial charge in [0.1, 0.15) is 5.03 Å². The largest absolute Gasteiger partial charge is 0.400 e. The van der Waals surface area contributed by atoms with Gasteiger partial charge in [-0.1, -0.05) is 38.4 Å². The molecule has 37 heavy (non-hydrogen) atoms. The highest BCUT2D eigenvalue weighted by Crippen LogP contribution is 2.28. The molecular weight excluding hydrogens is 579 g/mol. The van der Waals surface area contributed by atoms with Gasteiger partial charge in [-0.25, -0.2) is 4.98 Å². The van der Waals surface area contributed by atoms with Gasteiger partial charge in [0.15, 0.2) is 0 Å². The van der Waals surface area contributed by atoms with Gasteiger partial charge >= 0.3 is 0 Å². The molecule has 0 radical (unpaired) electrons. The summed E-state index contributed by atoms with van der Waals surface area (Å²) in [6.45, 7) is 6.76. The average Bonchev–Trinajstić information content (AvgIpc) is 2.94. The van der Waals surface area contributed by atoms with Gasteiger partial charge in [0.05, 0.1) is 66.1 Å². The summed E-state index contributed by atoms with van der Waals surface area (Å²) < 4.78 is 20.6. The Bertz CT molecular complexity index is 473. The van der Waals surface area contributed by atoms with E-state index in [0.29, 0.717) is 59.3 Å². The van der Waals surface area contributed by atoms with E-state index in [1.165, 1.54) is 0 Å². The van der Waals surface area contributed by atoms with Gasteiger partial charge in [-0.15, -0.1) is 0 Å². The van der Waals surface area contributed by atoms with Crippen molar-refractivity contribution in [1.82, 2.24) is 4.98 Å². The topological polar surface area (TPSA) is 163 Å². The first-order valence-corrected chi connectivity index (χ1v) is 17.1. The Morgan fingerprint density at radius 2 is 1.24 bits per heavy atom. The summed E-state index contributed by atoms with van der Waals surface area (Å²) in [5, 5.41) is 25.0. The summed E-state index contributed by atoms with van der Waals surface area (Å²) in [5.74, 6) is 3.24. The number of rotatable bonds is 22. The number of aliphatic hydroxyl groups is 3. The molecule has 0 aromatic carbocycles. The molecule has 0 aliphatic carbocycles. The van der Waals surface area contributed by atoms with Crippen molar-refractivity contribution in [3.05, 3.63) is 24.4 Å². The van der Waals surface area contributed by atoms with Gasteiger partial charge in [0.25, 0.3) is 0 Å². The lowest BCUT2D eigenvalue weighted by atomic mass is 10.5. The minimum Gasteiger partial charge on any atom is -0.400 e. The third kappa shape index (κ3) is 43.8. The quantitative estimate of drug-likeness (QED) is 0.0627. The molecule has 0 atom stereocenters. The number of aliphatic hydroxyl groups excluding tert-OH is 3. The van der Waals surface area contributed by atoms with Crippen LogP contribution in [0.25, 0.3) is 0 Å². The van der Waals surface area contributed by atoms with E-state index in [2.05, 4.69) is 17.6 Å². The van der Waals surface area contributed by atoms with E-state index in [4.69, 9.17) is 45.7 Å². The fraction of sp³-hybridized carbons (Fsp3) is 0.773. The second kappa shape index (κ2) is 43.6. The average molecular weight is 626 g/mol. The van der Waals surface area contributed by atoms with Gasteiger partial charge in [0.2, 0.25) is 0 Å². The Balaban J connectivity index is -0.000000459. The fourth-order valence-electron chi connectivity index (χ4n) is 1.66. The molecule has 0 saturated heterocycles. The fourth-order valence-corrected chi connectivity index (χ4v) is 5.07. The van der Waals surface area contributed by atoms with Crippen LogP contribution < -0.4 is 11.5 Å². The second-order valence-corrected chi connectivity index (χ2v) is 11.5. The van der Waals surface area contributed by atoms with E-state index in [1.54, 1.807) is 49.4 Å². The minimum absolute atomic E-state index is 0.227. The van der Waals surface area contributed by atoms with E-state index >= 15 is 0 Å². The number of nitrogens with two attached hydrogens (primary N) is 2. The Hall–Kier alpha value is 0.540. The van der Waals surface area contributed by atoms with Crippen molar-refractivity contribution < 1.29 is 34.3 Å². The molecule has 7 N–H and O–H groups in total. The first-order valence-electron chi connectivity index (χ1n) is 11.7. The molecule has 0 saturated carbocycles. The summed E-state index contributed by atoms with van der Waals surface area (Å²) in [5.41, 5.74) is 10.4. The van der Waals surface area contributed by atoms with E-state index < -0.39 is 0 Å². The summed E-state index contributed by atoms with van der Waals surface area (Å²) >= 11 is 3.98. The molecule has 1 rings (SSSR count). The maximum Gasteiger partial charge on any atom is 0.106 e. The highest BCUT2D eigenvalue weighted by molar-refractivity contribution is 8.77. The van der Waals surface area contributed by atoms with Crippen molar-refractivity contribution in [2.45, 2.75) is 5.03 Å². The second-order valence-electron chi connectivity index (χ2n) is 5.91. The SMILES string of the molecule is CO.NCCOCCOCCS.NCCOCCOCCSSCCO.OCCSSc1ccccn1. The van der Waals surface area contributed by atoms with Gasteiger partial charge in [-0.2, -0.15) is 12.6 Å². The van der Waals surface area contributed by atoms with Crippen LogP contribution in [0.5, 0.6) is 0 Å². The van der Waals surface area contributed by atoms with Crippen LogP contribution in [-0.2, 0) is 18.9 Å². The lowest BCUT2D eigenvalue weighted by Crippen LogP contribution is -2.12. The van der Waals surface area contributed by atoms with Crippen molar-refractivity contribution in [1.29, 1.82) is 0 Å². The van der Waals surface area contributed by atoms with Gasteiger partial charge in [-0.3, -0.25) is 0 Å². The summed E-state index contributed by atoms with van der Waals surface area (Å²) in [6, 6.07) is 5.80. The van der Waals surface area contributed by atoms with E-state index in [1.807, 2.05) is 18.2 Å². The predicted octanol–water partition coefficient (Wildman–Crippen LogP) is 1.68. The van der Waals surface area contributed by atoms with Crippen molar-refractivity contribution in [2.75, 3.05) is 109 Å². The Morgan fingerprint density at radius 3 is 1.73 bits per heavy atom. The predicted molar refractivity (Wildman–Crippen MR) is 165 cm³/mol. The molecule has 222 valence electrons. The molecule has 1 aromatic heterocycles. The van der Waals surface area contributed by atoms with Crippen LogP contribution in [0.15, 0.2) is 29.4 Å². The van der Waals surface area contributed by atoms with Crippen molar-refractivity contribution >= 4 is 55.8 Å². The Morgan fingerprint density at radius 1 is 0.730 bits per heavy atom. The van der Waals surface area contributed by atoms with Crippen LogP contribution in [0.4, 0.5) is 0 Å². The number of pyridine rings is 1. The Labute approximate surface area is 244 Å². The molecule has 0 aliphatic rings. The molecule has 15 heteroatoms. The molecule has 0 spiro atoms. The van der Waals surface area contributed by atoms with Crippen molar-refractivity contribution in [3.63, 3.8) is 0 Å². The van der Waals surface area contributed by atoms with Crippen molar-refractivity contribution in [3.8, 4) is 0 Å². The highest BCUT2D eigenvalue weighted by Gasteiger charge is 1.93. The summed E-state index contributed by atoms with van der Waals surface area (Å²) in [7, 11) is 7.58. The monoisotopic (exact) mass is 625 g/mol. The molecule has 10 nitrogen and oxygen atoms in total. The van der Waals surface area contributed by atoms with Gasteiger partial charge < -0.3 is 45.7 Å². The van der Waals surface area contributed by atoms with Crippen LogP contribution in [0.3, 0.4) is 0 Å². The molecule has 0 unspecified atom stereocenters. The van der Waals surface area contributed by atoms with E-state index in [-0.39, 0.29) is 13.2 Å². The number of aromatic nitrogens is 1. The van der Waals surface area contributed by atoms with Gasteiger partial charge in [-0.05, 0) is 22.9 Å². The number of hydrogen-bond acceptors (Lipinski definition) is 15. The van der Waals surface area contributed by atoms with Crippen LogP contribution in [0.1, 0.15) is 0 Å². The highest BCUT2D eigenvalue weighted by atomic mass is 33.1. The molecule has 0 bridgehead atoms. The third-order valence-corrected chi connectivity index (χ3v) is 7.81. The lowest BCUT2D eigenvalue weighted by molar-refractivity contribution is 0.0571. The summed E-state index contributed by atoms with van der Waals surface area (Å²) in [6.07, 6.45) is 1.77. The van der Waals surface area contributed by atoms with Crippen LogP contribution in [0.2, 0.25) is 0 Å². The van der Waals surface area contributed by atoms with Crippen LogP contribution in [-0.4, -0.2) is 130 Å². The molecule has 0 aliphatic heterocycles. The number of thiol groups is 1. The van der Waals surface area contributed by atoms with Crippen LogP contribution >= 0.6 is 55.8 Å². The lowest BCUT2D eigenvalue weighted by Gasteiger charge is -2.04. The third-order valence-electron chi connectivity index (χ3n) is 3.03. The number of hydrogen-bond donors (Lipinski definition) is 6. The van der Waals surface area contributed by atoms with E-state index in [9.17, 15) is 0 Å². The van der Waals surface area contributed by atoms with Crippen LogP contribution in [0, 0.1) is 0 Å². The van der Waals surface area contributed by atoms with E-state index in [0.717, 1.165) is 41.8 Å². The van der Waals surface area contributed by atoms with Crippen molar-refractivity contribution in [2.24, 2.45) is 11.5 Å². The standard InChI is InChI=1S/C8H19NO3S2.C7H9NOS2.C6H15NO2S.CH4O/c9-1-3-11-4-5-12-6-8-14-13-7-2-10;9-5-6-10-11-7-3-1-2-4-8-7;7-1-2-8-3-4-9-5-6-10;1-2/h10H,1-9H2;1-4,9H,5-6H2;10H,1-7H2;2H,1H3. The zero-order chi connectivity index (χ0) is 28.1. The molecule has 1 aromatic rings.